The number of nitrogens with two attached hydrogens (primary N) is 1. The summed E-state index contributed by atoms with van der Waals surface area (Å²) in [6.07, 6.45) is 6.48. The van der Waals surface area contributed by atoms with Gasteiger partial charge >= 0.3 is 0 Å². The molecule has 4 aromatic heterocycles. The number of imidazole rings is 1. The van der Waals surface area contributed by atoms with E-state index in [0.717, 1.165) is 16.5 Å². The Kier molecular flexibility index (Phi) is 5.28. The monoisotopic (exact) mass is 480 g/mol. The molecule has 0 aliphatic rings. The van der Waals surface area contributed by atoms with Crippen LogP contribution in [0.4, 0.5) is 0 Å². The minimum Gasteiger partial charge on any atom is -0.391 e. The summed E-state index contributed by atoms with van der Waals surface area (Å²) in [4.78, 5) is 21.7. The minimum absolute atomic E-state index is 0.178. The number of primary amides is 1. The lowest BCUT2D eigenvalue weighted by atomic mass is 10.1. The van der Waals surface area contributed by atoms with Gasteiger partial charge in [-0.2, -0.15) is 5.10 Å². The summed E-state index contributed by atoms with van der Waals surface area (Å²) in [7, 11) is 0. The topological polar surface area (TPSA) is 111 Å². The molecule has 10 heteroatoms. The van der Waals surface area contributed by atoms with Gasteiger partial charge in [0.1, 0.15) is 17.0 Å². The second-order valence-corrected chi connectivity index (χ2v) is 8.55. The van der Waals surface area contributed by atoms with Gasteiger partial charge in [0, 0.05) is 40.7 Å². The highest BCUT2D eigenvalue weighted by Gasteiger charge is 2.23. The van der Waals surface area contributed by atoms with Crippen molar-refractivity contribution in [3.63, 3.8) is 0 Å². The number of fused-ring (bicyclic) bond motifs is 3. The summed E-state index contributed by atoms with van der Waals surface area (Å²) in [5.41, 5.74) is 9.50. The Morgan fingerprint density at radius 2 is 1.94 bits per heavy atom. The number of pyridine rings is 2. The van der Waals surface area contributed by atoms with Crippen LogP contribution in [0.5, 0.6) is 0 Å². The van der Waals surface area contributed by atoms with E-state index in [9.17, 15) is 9.90 Å². The highest BCUT2D eigenvalue weighted by Crippen LogP contribution is 2.37. The van der Waals surface area contributed by atoms with Gasteiger partial charge in [-0.1, -0.05) is 29.3 Å². The van der Waals surface area contributed by atoms with Crippen LogP contribution in [0.2, 0.25) is 10.0 Å². The average molecular weight is 481 g/mol. The smallest absolute Gasteiger partial charge is 0.268 e. The molecule has 1 unspecified atom stereocenters. The Labute approximate surface area is 198 Å². The van der Waals surface area contributed by atoms with Crippen LogP contribution >= 0.6 is 23.2 Å². The Morgan fingerprint density at radius 1 is 1.18 bits per heavy atom. The van der Waals surface area contributed by atoms with Gasteiger partial charge in [0.2, 0.25) is 0 Å². The van der Waals surface area contributed by atoms with E-state index in [4.69, 9.17) is 33.9 Å². The molecule has 166 valence electrons. The van der Waals surface area contributed by atoms with Crippen molar-refractivity contribution in [1.29, 1.82) is 0 Å². The maximum absolute atomic E-state index is 12.4. The van der Waals surface area contributed by atoms with Crippen molar-refractivity contribution in [3.8, 4) is 22.4 Å². The van der Waals surface area contributed by atoms with Crippen LogP contribution in [0, 0.1) is 0 Å². The highest BCUT2D eigenvalue weighted by atomic mass is 35.5. The van der Waals surface area contributed by atoms with E-state index in [1.54, 1.807) is 58.9 Å². The molecule has 33 heavy (non-hydrogen) atoms. The van der Waals surface area contributed by atoms with Gasteiger partial charge in [-0.3, -0.25) is 18.9 Å². The first-order valence-electron chi connectivity index (χ1n) is 10.1. The van der Waals surface area contributed by atoms with E-state index in [1.807, 2.05) is 12.3 Å². The third-order valence-corrected chi connectivity index (χ3v) is 5.93. The summed E-state index contributed by atoms with van der Waals surface area (Å²) < 4.78 is 3.30. The number of benzene rings is 1. The van der Waals surface area contributed by atoms with Crippen LogP contribution in [-0.2, 0) is 6.54 Å². The molecular formula is C23H18Cl2N6O2. The van der Waals surface area contributed by atoms with E-state index in [2.05, 4.69) is 10.1 Å². The molecule has 0 aliphatic heterocycles. The van der Waals surface area contributed by atoms with Gasteiger partial charge in [-0.25, -0.2) is 4.98 Å². The second-order valence-electron chi connectivity index (χ2n) is 7.74. The fraction of sp³-hybridized carbons (Fsp3) is 0.130. The lowest BCUT2D eigenvalue weighted by Crippen LogP contribution is -2.15. The van der Waals surface area contributed by atoms with Gasteiger partial charge < -0.3 is 10.8 Å². The average Bonchev–Trinajstić information content (AvgIpc) is 3.37. The van der Waals surface area contributed by atoms with E-state index >= 15 is 0 Å². The number of aromatic nitrogens is 5. The Balaban J connectivity index is 1.75. The standard InChI is InChI=1S/C23H18Cl2N6O2/c1-12(32)10-30-11-14(9-28-30)13-7-15-18(27-8-13)5-6-31-21(22(26)33)20(29-23(15)31)19-16(24)3-2-4-17(19)25/h2-9,11-12,32H,10H2,1H3,(H2,26,33). The molecule has 0 fully saturated rings. The summed E-state index contributed by atoms with van der Waals surface area (Å²) in [5, 5.41) is 15.3. The molecule has 0 aliphatic carbocycles. The highest BCUT2D eigenvalue weighted by molar-refractivity contribution is 6.39. The van der Waals surface area contributed by atoms with Gasteiger partial charge in [-0.05, 0) is 31.2 Å². The van der Waals surface area contributed by atoms with Crippen LogP contribution in [0.1, 0.15) is 17.4 Å². The number of carbonyl (C=O) groups excluding carboxylic acids is 1. The predicted molar refractivity (Wildman–Crippen MR) is 127 cm³/mol. The number of aliphatic hydroxyl groups excluding tert-OH is 1. The number of hydrogen-bond donors (Lipinski definition) is 2. The molecule has 5 aromatic rings. The van der Waals surface area contributed by atoms with Crippen molar-refractivity contribution in [3.05, 3.63) is 70.9 Å². The number of hydrogen-bond acceptors (Lipinski definition) is 5. The molecule has 0 saturated carbocycles. The van der Waals surface area contributed by atoms with Crippen molar-refractivity contribution in [2.24, 2.45) is 5.73 Å². The normalized spacial score (nSPS) is 12.5. The van der Waals surface area contributed by atoms with Gasteiger partial charge in [-0.15, -0.1) is 0 Å². The third kappa shape index (κ3) is 3.72. The molecule has 5 rings (SSSR count). The maximum Gasteiger partial charge on any atom is 0.268 e. The summed E-state index contributed by atoms with van der Waals surface area (Å²) >= 11 is 12.8. The molecule has 3 N–H and O–H groups in total. The van der Waals surface area contributed by atoms with Crippen molar-refractivity contribution in [2.45, 2.75) is 19.6 Å². The minimum atomic E-state index is -0.656. The van der Waals surface area contributed by atoms with Crippen LogP contribution < -0.4 is 5.73 Å². The zero-order valence-corrected chi connectivity index (χ0v) is 18.9. The maximum atomic E-state index is 12.4. The number of nitrogens with zero attached hydrogens (tertiary/aromatic N) is 5. The number of rotatable bonds is 5. The SMILES string of the molecule is CC(O)Cn1cc(-c2cnc3ccn4c(C(N)=O)c(-c5c(Cl)cccc5Cl)nc4c3c2)cn1. The van der Waals surface area contributed by atoms with Gasteiger partial charge in [0.25, 0.3) is 5.91 Å². The molecule has 4 heterocycles. The molecule has 1 atom stereocenters. The second kappa shape index (κ2) is 8.15. The molecule has 1 aromatic carbocycles. The van der Waals surface area contributed by atoms with Crippen LogP contribution in [0.25, 0.3) is 38.9 Å². The summed E-state index contributed by atoms with van der Waals surface area (Å²) in [6.45, 7) is 2.09. The lowest BCUT2D eigenvalue weighted by molar-refractivity contribution is 0.0995. The zero-order valence-electron chi connectivity index (χ0n) is 17.4. The Bertz CT molecular complexity index is 1520. The molecule has 0 spiro atoms. The summed E-state index contributed by atoms with van der Waals surface area (Å²) in [6, 6.07) is 8.80. The van der Waals surface area contributed by atoms with Crippen LogP contribution in [0.3, 0.4) is 0 Å². The first kappa shape index (κ1) is 21.4. The number of carbonyl (C=O) groups is 1. The fourth-order valence-electron chi connectivity index (χ4n) is 3.88. The fourth-order valence-corrected chi connectivity index (χ4v) is 4.45. The number of halogens is 2. The zero-order chi connectivity index (χ0) is 23.3. The van der Waals surface area contributed by atoms with E-state index in [0.29, 0.717) is 39.0 Å². The predicted octanol–water partition coefficient (Wildman–Crippen LogP) is 4.20. The number of aliphatic hydroxyl groups is 1. The van der Waals surface area contributed by atoms with Crippen molar-refractivity contribution in [1.82, 2.24) is 24.1 Å². The molecule has 0 bridgehead atoms. The molecular weight excluding hydrogens is 463 g/mol. The Morgan fingerprint density at radius 3 is 2.64 bits per heavy atom. The van der Waals surface area contributed by atoms with Gasteiger partial charge in [0.15, 0.2) is 0 Å². The lowest BCUT2D eigenvalue weighted by Gasteiger charge is -2.06. The van der Waals surface area contributed by atoms with Crippen molar-refractivity contribution in [2.75, 3.05) is 0 Å². The van der Waals surface area contributed by atoms with E-state index in [1.165, 1.54) is 0 Å². The van der Waals surface area contributed by atoms with E-state index in [-0.39, 0.29) is 5.69 Å². The van der Waals surface area contributed by atoms with Gasteiger partial charge in [0.05, 0.1) is 34.4 Å². The van der Waals surface area contributed by atoms with Crippen LogP contribution in [-0.4, -0.2) is 41.3 Å². The van der Waals surface area contributed by atoms with Crippen LogP contribution in [0.15, 0.2) is 55.1 Å². The largest absolute Gasteiger partial charge is 0.391 e. The van der Waals surface area contributed by atoms with E-state index < -0.39 is 12.0 Å². The van der Waals surface area contributed by atoms with Crippen molar-refractivity contribution < 1.29 is 9.90 Å². The molecule has 0 radical (unpaired) electrons. The third-order valence-electron chi connectivity index (χ3n) is 5.30. The first-order valence-corrected chi connectivity index (χ1v) is 10.8. The molecule has 1 amide bonds. The molecule has 0 saturated heterocycles. The molecule has 8 nitrogen and oxygen atoms in total. The van der Waals surface area contributed by atoms with Crippen molar-refractivity contribution >= 4 is 45.7 Å². The quantitative estimate of drug-likeness (QED) is 0.391. The summed E-state index contributed by atoms with van der Waals surface area (Å²) in [5.74, 6) is -0.656. The first-order chi connectivity index (χ1) is 15.8. The Hall–Kier alpha value is -3.46. The number of amides is 1.